The maximum atomic E-state index is 12.9. The van der Waals surface area contributed by atoms with Crippen LogP contribution in [0.1, 0.15) is 52.0 Å². The smallest absolute Gasteiger partial charge is 0.262 e. The topological polar surface area (TPSA) is 107 Å². The van der Waals surface area contributed by atoms with Crippen molar-refractivity contribution in [3.63, 3.8) is 0 Å². The van der Waals surface area contributed by atoms with Crippen molar-refractivity contribution in [3.8, 4) is 0 Å². The Morgan fingerprint density at radius 2 is 1.71 bits per heavy atom. The second-order valence-electron chi connectivity index (χ2n) is 7.73. The first-order valence-corrected chi connectivity index (χ1v) is 9.65. The number of hydrogen-bond donors (Lipinski definition) is 2. The summed E-state index contributed by atoms with van der Waals surface area (Å²) in [7, 11) is 0. The van der Waals surface area contributed by atoms with Crippen molar-refractivity contribution < 1.29 is 24.3 Å². The molecule has 3 heterocycles. The number of hydrogen-bond acceptors (Lipinski definition) is 6. The van der Waals surface area contributed by atoms with E-state index in [4.69, 9.17) is 0 Å². The molecule has 4 amide bonds. The number of piperidine rings is 2. The Balaban J connectivity index is 1.50. The van der Waals surface area contributed by atoms with Gasteiger partial charge >= 0.3 is 0 Å². The van der Waals surface area contributed by atoms with E-state index in [2.05, 4.69) is 10.2 Å². The molecule has 0 saturated carbocycles. The standard InChI is InChI=1S/C20H23N3O5/c24-11-12-5-7-22(8-6-12)10-13-1-2-14-15(9-13)20(28)23(19(14)27)16-3-4-17(25)21-18(16)26/h1-2,9,12,16,24H,3-8,10-11H2,(H,21,25,26). The Hall–Kier alpha value is -2.58. The summed E-state index contributed by atoms with van der Waals surface area (Å²) in [5, 5.41) is 11.5. The number of nitrogens with one attached hydrogen (secondary N) is 1. The minimum atomic E-state index is -0.939. The molecule has 1 unspecified atom stereocenters. The lowest BCUT2D eigenvalue weighted by Gasteiger charge is -2.31. The third-order valence-corrected chi connectivity index (χ3v) is 5.88. The van der Waals surface area contributed by atoms with Gasteiger partial charge < -0.3 is 5.11 Å². The Labute approximate surface area is 162 Å². The van der Waals surface area contributed by atoms with Gasteiger partial charge in [0.05, 0.1) is 11.1 Å². The lowest BCUT2D eigenvalue weighted by molar-refractivity contribution is -0.136. The number of rotatable bonds is 4. The minimum Gasteiger partial charge on any atom is -0.396 e. The van der Waals surface area contributed by atoms with Gasteiger partial charge in [0, 0.05) is 19.6 Å². The zero-order valence-electron chi connectivity index (χ0n) is 15.5. The van der Waals surface area contributed by atoms with Gasteiger partial charge in [-0.3, -0.25) is 34.3 Å². The van der Waals surface area contributed by atoms with E-state index in [0.29, 0.717) is 23.6 Å². The lowest BCUT2D eigenvalue weighted by Crippen LogP contribution is -2.54. The Morgan fingerprint density at radius 3 is 2.39 bits per heavy atom. The molecule has 1 aromatic rings. The summed E-state index contributed by atoms with van der Waals surface area (Å²) in [4.78, 5) is 52.3. The van der Waals surface area contributed by atoms with E-state index < -0.39 is 23.8 Å². The van der Waals surface area contributed by atoms with Gasteiger partial charge in [0.2, 0.25) is 11.8 Å². The van der Waals surface area contributed by atoms with Gasteiger partial charge in [0.1, 0.15) is 6.04 Å². The lowest BCUT2D eigenvalue weighted by atomic mass is 9.97. The second kappa shape index (κ2) is 7.44. The number of imide groups is 2. The van der Waals surface area contributed by atoms with Gasteiger partial charge in [0.15, 0.2) is 0 Å². The van der Waals surface area contributed by atoms with Gasteiger partial charge in [-0.05, 0) is 56.0 Å². The van der Waals surface area contributed by atoms with Crippen LogP contribution in [0.5, 0.6) is 0 Å². The molecule has 0 aromatic heterocycles. The average Bonchev–Trinajstić information content (AvgIpc) is 2.93. The van der Waals surface area contributed by atoms with Crippen LogP contribution < -0.4 is 5.32 Å². The van der Waals surface area contributed by atoms with Crippen molar-refractivity contribution in [2.24, 2.45) is 5.92 Å². The van der Waals surface area contributed by atoms with Gasteiger partial charge in [-0.15, -0.1) is 0 Å². The molecule has 2 saturated heterocycles. The molecule has 2 fully saturated rings. The number of fused-ring (bicyclic) bond motifs is 1. The fourth-order valence-electron chi connectivity index (χ4n) is 4.20. The monoisotopic (exact) mass is 385 g/mol. The number of aliphatic hydroxyl groups is 1. The molecule has 3 aliphatic heterocycles. The van der Waals surface area contributed by atoms with Crippen LogP contribution in [-0.4, -0.2) is 64.3 Å². The normalized spacial score (nSPS) is 23.9. The number of amides is 4. The molecule has 8 nitrogen and oxygen atoms in total. The summed E-state index contributed by atoms with van der Waals surface area (Å²) < 4.78 is 0. The molecule has 0 bridgehead atoms. The molecule has 0 spiro atoms. The maximum absolute atomic E-state index is 12.9. The molecule has 1 aromatic carbocycles. The summed E-state index contributed by atoms with van der Waals surface area (Å²) in [6, 6.07) is 4.29. The summed E-state index contributed by atoms with van der Waals surface area (Å²) in [6.45, 7) is 2.67. The van der Waals surface area contributed by atoms with Crippen LogP contribution >= 0.6 is 0 Å². The van der Waals surface area contributed by atoms with Crippen molar-refractivity contribution in [2.45, 2.75) is 38.3 Å². The van der Waals surface area contributed by atoms with Crippen LogP contribution in [0.15, 0.2) is 18.2 Å². The highest BCUT2D eigenvalue weighted by Crippen LogP contribution is 2.29. The molecule has 28 heavy (non-hydrogen) atoms. The Kier molecular flexibility index (Phi) is 4.99. The van der Waals surface area contributed by atoms with E-state index in [1.165, 1.54) is 0 Å². The largest absolute Gasteiger partial charge is 0.396 e. The van der Waals surface area contributed by atoms with Crippen molar-refractivity contribution in [3.05, 3.63) is 34.9 Å². The van der Waals surface area contributed by atoms with Crippen LogP contribution in [0.3, 0.4) is 0 Å². The highest BCUT2D eigenvalue weighted by atomic mass is 16.3. The fraction of sp³-hybridized carbons (Fsp3) is 0.500. The molecule has 1 atom stereocenters. The highest BCUT2D eigenvalue weighted by Gasteiger charge is 2.44. The zero-order valence-corrected chi connectivity index (χ0v) is 15.5. The molecule has 3 aliphatic rings. The van der Waals surface area contributed by atoms with Crippen LogP contribution in [0.25, 0.3) is 0 Å². The van der Waals surface area contributed by atoms with Gasteiger partial charge in [-0.2, -0.15) is 0 Å². The number of nitrogens with zero attached hydrogens (tertiary/aromatic N) is 2. The molecule has 8 heteroatoms. The molecule has 4 rings (SSSR count). The van der Waals surface area contributed by atoms with E-state index in [-0.39, 0.29) is 25.4 Å². The number of carbonyl (C=O) groups is 4. The van der Waals surface area contributed by atoms with Crippen molar-refractivity contribution in [2.75, 3.05) is 19.7 Å². The minimum absolute atomic E-state index is 0.110. The Bertz CT molecular complexity index is 844. The summed E-state index contributed by atoms with van der Waals surface area (Å²) >= 11 is 0. The SMILES string of the molecule is O=C1CCC(N2C(=O)c3ccc(CN4CCC(CO)CC4)cc3C2=O)C(=O)N1. The maximum Gasteiger partial charge on any atom is 0.262 e. The van der Waals surface area contributed by atoms with E-state index in [9.17, 15) is 24.3 Å². The molecule has 0 radical (unpaired) electrons. The third kappa shape index (κ3) is 3.33. The third-order valence-electron chi connectivity index (χ3n) is 5.88. The van der Waals surface area contributed by atoms with Crippen molar-refractivity contribution in [1.82, 2.24) is 15.1 Å². The molecular formula is C20H23N3O5. The first-order chi connectivity index (χ1) is 13.5. The molecule has 148 valence electrons. The van der Waals surface area contributed by atoms with E-state index in [1.807, 2.05) is 6.07 Å². The van der Waals surface area contributed by atoms with Crippen LogP contribution in [-0.2, 0) is 16.1 Å². The summed E-state index contributed by atoms with van der Waals surface area (Å²) in [5.74, 6) is -1.58. The quantitative estimate of drug-likeness (QED) is 0.722. The molecule has 0 aliphatic carbocycles. The predicted octanol–water partition coefficient (Wildman–Crippen LogP) is 0.292. The van der Waals surface area contributed by atoms with E-state index in [0.717, 1.165) is 36.4 Å². The van der Waals surface area contributed by atoms with Gasteiger partial charge in [-0.1, -0.05) is 6.07 Å². The number of aliphatic hydroxyl groups excluding tert-OH is 1. The fourth-order valence-corrected chi connectivity index (χ4v) is 4.20. The van der Waals surface area contributed by atoms with Gasteiger partial charge in [-0.25, -0.2) is 0 Å². The zero-order chi connectivity index (χ0) is 19.8. The average molecular weight is 385 g/mol. The predicted molar refractivity (Wildman–Crippen MR) is 98.2 cm³/mol. The number of likely N-dealkylation sites (tertiary alicyclic amines) is 1. The Morgan fingerprint density at radius 1 is 1.00 bits per heavy atom. The van der Waals surface area contributed by atoms with Crippen molar-refractivity contribution in [1.29, 1.82) is 0 Å². The summed E-state index contributed by atoms with van der Waals surface area (Å²) in [6.07, 6.45) is 2.16. The molecule has 2 N–H and O–H groups in total. The van der Waals surface area contributed by atoms with E-state index >= 15 is 0 Å². The summed E-state index contributed by atoms with van der Waals surface area (Å²) in [5.41, 5.74) is 1.56. The van der Waals surface area contributed by atoms with Crippen LogP contribution in [0.2, 0.25) is 0 Å². The number of carbonyl (C=O) groups excluding carboxylic acids is 4. The first-order valence-electron chi connectivity index (χ1n) is 9.65. The van der Waals surface area contributed by atoms with Crippen LogP contribution in [0, 0.1) is 5.92 Å². The highest BCUT2D eigenvalue weighted by molar-refractivity contribution is 6.23. The van der Waals surface area contributed by atoms with Gasteiger partial charge in [0.25, 0.3) is 11.8 Å². The first kappa shape index (κ1) is 18.8. The van der Waals surface area contributed by atoms with Crippen LogP contribution in [0.4, 0.5) is 0 Å². The molecular weight excluding hydrogens is 362 g/mol. The number of benzene rings is 1. The second-order valence-corrected chi connectivity index (χ2v) is 7.73. The van der Waals surface area contributed by atoms with E-state index in [1.54, 1.807) is 12.1 Å². The van der Waals surface area contributed by atoms with Crippen molar-refractivity contribution >= 4 is 23.6 Å².